The highest BCUT2D eigenvalue weighted by atomic mass is 16.4. The van der Waals surface area contributed by atoms with E-state index in [4.69, 9.17) is 4.42 Å². The first kappa shape index (κ1) is 9.96. The summed E-state index contributed by atoms with van der Waals surface area (Å²) in [4.78, 5) is 7.49. The molecule has 4 nitrogen and oxygen atoms in total. The Balaban J connectivity index is 2.25. The molecule has 0 saturated carbocycles. The molecule has 2 N–H and O–H groups in total. The van der Waals surface area contributed by atoms with Gasteiger partial charge >= 0.3 is 0 Å². The molecule has 0 spiro atoms. The summed E-state index contributed by atoms with van der Waals surface area (Å²) >= 11 is 0. The number of aromatic amines is 1. The van der Waals surface area contributed by atoms with E-state index in [0.29, 0.717) is 6.01 Å². The van der Waals surface area contributed by atoms with Crippen molar-refractivity contribution in [2.45, 2.75) is 6.92 Å². The van der Waals surface area contributed by atoms with Crippen LogP contribution in [0.2, 0.25) is 0 Å². The van der Waals surface area contributed by atoms with Crippen molar-refractivity contribution in [2.75, 3.05) is 12.4 Å². The highest BCUT2D eigenvalue weighted by molar-refractivity contribution is 5.96. The summed E-state index contributed by atoms with van der Waals surface area (Å²) in [5.74, 6) is 0.782. The zero-order valence-electron chi connectivity index (χ0n) is 9.74. The molecule has 3 rings (SSSR count). The second-order valence-corrected chi connectivity index (χ2v) is 3.95. The quantitative estimate of drug-likeness (QED) is 0.707. The zero-order chi connectivity index (χ0) is 11.8. The van der Waals surface area contributed by atoms with Gasteiger partial charge in [0.25, 0.3) is 6.01 Å². The Morgan fingerprint density at radius 1 is 1.29 bits per heavy atom. The standard InChI is InChI=1S/C13H13N3O/c1-8-12(11-7-15-13(14-2)17-11)9-5-3-4-6-10(9)16-8/h3-7,16H,1-2H3,(H,14,15). The van der Waals surface area contributed by atoms with Gasteiger partial charge in [-0.25, -0.2) is 4.98 Å². The van der Waals surface area contributed by atoms with Gasteiger partial charge in [0, 0.05) is 29.2 Å². The van der Waals surface area contributed by atoms with Crippen LogP contribution in [-0.2, 0) is 0 Å². The second-order valence-electron chi connectivity index (χ2n) is 3.95. The summed E-state index contributed by atoms with van der Waals surface area (Å²) in [6.07, 6.45) is 1.74. The lowest BCUT2D eigenvalue weighted by atomic mass is 10.1. The zero-order valence-corrected chi connectivity index (χ0v) is 9.74. The van der Waals surface area contributed by atoms with Gasteiger partial charge in [-0.3, -0.25) is 0 Å². The van der Waals surface area contributed by atoms with E-state index in [-0.39, 0.29) is 0 Å². The van der Waals surface area contributed by atoms with Crippen molar-refractivity contribution in [3.63, 3.8) is 0 Å². The lowest BCUT2D eigenvalue weighted by Gasteiger charge is -1.96. The smallest absolute Gasteiger partial charge is 0.294 e. The summed E-state index contributed by atoms with van der Waals surface area (Å²) < 4.78 is 5.62. The van der Waals surface area contributed by atoms with E-state index >= 15 is 0 Å². The fraction of sp³-hybridized carbons (Fsp3) is 0.154. The van der Waals surface area contributed by atoms with Crippen molar-refractivity contribution in [2.24, 2.45) is 0 Å². The molecule has 0 aliphatic carbocycles. The van der Waals surface area contributed by atoms with Crippen molar-refractivity contribution in [3.05, 3.63) is 36.2 Å². The molecule has 2 aromatic heterocycles. The molecule has 0 saturated heterocycles. The third-order valence-corrected chi connectivity index (χ3v) is 2.86. The highest BCUT2D eigenvalue weighted by Gasteiger charge is 2.14. The normalized spacial score (nSPS) is 10.9. The van der Waals surface area contributed by atoms with E-state index in [1.165, 1.54) is 0 Å². The van der Waals surface area contributed by atoms with Gasteiger partial charge in [0.15, 0.2) is 5.76 Å². The predicted octanol–water partition coefficient (Wildman–Crippen LogP) is 3.17. The number of para-hydroxylation sites is 1. The number of rotatable bonds is 2. The van der Waals surface area contributed by atoms with E-state index in [0.717, 1.165) is 27.9 Å². The number of nitrogens with zero attached hydrogens (tertiary/aromatic N) is 1. The molecule has 0 fully saturated rings. The highest BCUT2D eigenvalue weighted by Crippen LogP contribution is 2.32. The third-order valence-electron chi connectivity index (χ3n) is 2.86. The average molecular weight is 227 g/mol. The third kappa shape index (κ3) is 1.49. The van der Waals surface area contributed by atoms with Crippen molar-refractivity contribution in [1.29, 1.82) is 0 Å². The number of aryl methyl sites for hydroxylation is 1. The fourth-order valence-corrected chi connectivity index (χ4v) is 2.10. The van der Waals surface area contributed by atoms with Crippen LogP contribution in [-0.4, -0.2) is 17.0 Å². The first-order valence-electron chi connectivity index (χ1n) is 5.51. The molecule has 3 aromatic rings. The Hall–Kier alpha value is -2.23. The summed E-state index contributed by atoms with van der Waals surface area (Å²) in [6.45, 7) is 2.04. The van der Waals surface area contributed by atoms with Crippen molar-refractivity contribution in [3.8, 4) is 11.3 Å². The Labute approximate surface area is 98.7 Å². The van der Waals surface area contributed by atoms with Crippen LogP contribution >= 0.6 is 0 Å². The summed E-state index contributed by atoms with van der Waals surface area (Å²) in [5.41, 5.74) is 3.28. The van der Waals surface area contributed by atoms with Crippen LogP contribution in [0.15, 0.2) is 34.9 Å². The van der Waals surface area contributed by atoms with Crippen LogP contribution in [0.4, 0.5) is 6.01 Å². The molecule has 0 amide bonds. The SMILES string of the molecule is CNc1ncc(-c2c(C)[nH]c3ccccc23)o1. The number of fused-ring (bicyclic) bond motifs is 1. The Bertz CT molecular complexity index is 666. The van der Waals surface area contributed by atoms with E-state index in [2.05, 4.69) is 27.4 Å². The molecule has 0 aliphatic rings. The van der Waals surface area contributed by atoms with Crippen LogP contribution in [0, 0.1) is 6.92 Å². The van der Waals surface area contributed by atoms with Crippen molar-refractivity contribution < 1.29 is 4.42 Å². The van der Waals surface area contributed by atoms with E-state index in [1.807, 2.05) is 19.1 Å². The molecular weight excluding hydrogens is 214 g/mol. The van der Waals surface area contributed by atoms with Crippen LogP contribution in [0.5, 0.6) is 0 Å². The molecule has 17 heavy (non-hydrogen) atoms. The van der Waals surface area contributed by atoms with Crippen molar-refractivity contribution in [1.82, 2.24) is 9.97 Å². The molecule has 86 valence electrons. The molecule has 4 heteroatoms. The lowest BCUT2D eigenvalue weighted by Crippen LogP contribution is -1.85. The van der Waals surface area contributed by atoms with Gasteiger partial charge in [-0.05, 0) is 13.0 Å². The summed E-state index contributed by atoms with van der Waals surface area (Å²) in [6, 6.07) is 8.71. The average Bonchev–Trinajstić information content (AvgIpc) is 2.91. The van der Waals surface area contributed by atoms with Gasteiger partial charge in [0.05, 0.1) is 6.20 Å². The monoisotopic (exact) mass is 227 g/mol. The molecule has 0 atom stereocenters. The van der Waals surface area contributed by atoms with Gasteiger partial charge < -0.3 is 14.7 Å². The number of H-pyrrole nitrogens is 1. The van der Waals surface area contributed by atoms with E-state index in [1.54, 1.807) is 13.2 Å². The number of hydrogen-bond donors (Lipinski definition) is 2. The minimum atomic E-state index is 0.532. The molecule has 0 bridgehead atoms. The minimum Gasteiger partial charge on any atom is -0.424 e. The second kappa shape index (κ2) is 3.66. The first-order valence-corrected chi connectivity index (χ1v) is 5.51. The van der Waals surface area contributed by atoms with Crippen LogP contribution in [0.3, 0.4) is 0 Å². The fourth-order valence-electron chi connectivity index (χ4n) is 2.10. The molecule has 1 aromatic carbocycles. The molecular formula is C13H13N3O. The van der Waals surface area contributed by atoms with E-state index in [9.17, 15) is 0 Å². The molecule has 0 aliphatic heterocycles. The Kier molecular flexibility index (Phi) is 2.14. The molecule has 0 unspecified atom stereocenters. The number of oxazole rings is 1. The van der Waals surface area contributed by atoms with Gasteiger partial charge in [0.2, 0.25) is 0 Å². The van der Waals surface area contributed by atoms with Crippen LogP contribution in [0.25, 0.3) is 22.2 Å². The lowest BCUT2D eigenvalue weighted by molar-refractivity contribution is 0.590. The van der Waals surface area contributed by atoms with Gasteiger partial charge in [-0.2, -0.15) is 0 Å². The predicted molar refractivity (Wildman–Crippen MR) is 68.1 cm³/mol. The largest absolute Gasteiger partial charge is 0.424 e. The minimum absolute atomic E-state index is 0.532. The van der Waals surface area contributed by atoms with Gasteiger partial charge in [-0.15, -0.1) is 0 Å². The maximum Gasteiger partial charge on any atom is 0.294 e. The maximum atomic E-state index is 5.62. The summed E-state index contributed by atoms with van der Waals surface area (Å²) in [7, 11) is 1.79. The Morgan fingerprint density at radius 3 is 2.88 bits per heavy atom. The summed E-state index contributed by atoms with van der Waals surface area (Å²) in [5, 5.41) is 4.05. The van der Waals surface area contributed by atoms with Gasteiger partial charge in [-0.1, -0.05) is 18.2 Å². The number of nitrogens with one attached hydrogen (secondary N) is 2. The molecule has 2 heterocycles. The molecule has 0 radical (unpaired) electrons. The van der Waals surface area contributed by atoms with Gasteiger partial charge in [0.1, 0.15) is 0 Å². The van der Waals surface area contributed by atoms with E-state index < -0.39 is 0 Å². The maximum absolute atomic E-state index is 5.62. The number of aromatic nitrogens is 2. The topological polar surface area (TPSA) is 53.9 Å². The Morgan fingerprint density at radius 2 is 2.12 bits per heavy atom. The van der Waals surface area contributed by atoms with Crippen LogP contribution < -0.4 is 5.32 Å². The number of hydrogen-bond acceptors (Lipinski definition) is 3. The van der Waals surface area contributed by atoms with Crippen LogP contribution in [0.1, 0.15) is 5.69 Å². The van der Waals surface area contributed by atoms with Crippen molar-refractivity contribution >= 4 is 16.9 Å². The first-order chi connectivity index (χ1) is 8.29. The number of anilines is 1. The number of benzene rings is 1.